The first kappa shape index (κ1) is 13.7. The molecule has 0 bridgehead atoms. The van der Waals surface area contributed by atoms with Gasteiger partial charge in [-0.25, -0.2) is 13.8 Å². The summed E-state index contributed by atoms with van der Waals surface area (Å²) in [7, 11) is 0. The first-order chi connectivity index (χ1) is 9.65. The van der Waals surface area contributed by atoms with Crippen LogP contribution in [-0.4, -0.2) is 15.6 Å². The van der Waals surface area contributed by atoms with E-state index in [0.29, 0.717) is 12.6 Å². The second-order valence-corrected chi connectivity index (χ2v) is 5.80. The Labute approximate surface area is 124 Å². The molecule has 3 nitrogen and oxygen atoms in total. The minimum Gasteiger partial charge on any atom is -0.329 e. The van der Waals surface area contributed by atoms with Crippen LogP contribution in [0.5, 0.6) is 0 Å². The molecule has 0 amide bonds. The second-order valence-electron chi connectivity index (χ2n) is 4.95. The lowest BCUT2D eigenvalue weighted by molar-refractivity contribution is 0.532. The molecule has 2 aromatic rings. The van der Waals surface area contributed by atoms with Crippen LogP contribution < -0.4 is 5.32 Å². The molecule has 0 atom stereocenters. The number of rotatable bonds is 5. The molecule has 1 aromatic carbocycles. The Hall–Kier alpha value is -1.27. The highest BCUT2D eigenvalue weighted by Crippen LogP contribution is 2.23. The van der Waals surface area contributed by atoms with Gasteiger partial charge in [0.2, 0.25) is 0 Å². The molecule has 0 radical (unpaired) electrons. The van der Waals surface area contributed by atoms with Crippen LogP contribution in [0.15, 0.2) is 29.0 Å². The number of hydrogen-bond acceptors (Lipinski definition) is 2. The van der Waals surface area contributed by atoms with Gasteiger partial charge in [0, 0.05) is 24.0 Å². The van der Waals surface area contributed by atoms with Crippen LogP contribution in [0.3, 0.4) is 0 Å². The molecule has 0 spiro atoms. The van der Waals surface area contributed by atoms with E-state index in [9.17, 15) is 8.78 Å². The molecular weight excluding hydrogens is 328 g/mol. The molecule has 0 aliphatic heterocycles. The summed E-state index contributed by atoms with van der Waals surface area (Å²) in [4.78, 5) is 4.24. The standard InChI is InChI=1S/C14H14BrF2N3/c15-11-3-4-12(16)10(14(11)17)8-20-6-5-18-13(20)7-19-9-1-2-9/h3-6,9,19H,1-2,7-8H2. The predicted molar refractivity (Wildman–Crippen MR) is 75.2 cm³/mol. The topological polar surface area (TPSA) is 29.9 Å². The minimum absolute atomic E-state index is 0.0463. The summed E-state index contributed by atoms with van der Waals surface area (Å²) in [6.07, 6.45) is 5.77. The fourth-order valence-corrected chi connectivity index (χ4v) is 2.43. The fraction of sp³-hybridized carbons (Fsp3) is 0.357. The van der Waals surface area contributed by atoms with Crippen molar-refractivity contribution in [3.8, 4) is 0 Å². The van der Waals surface area contributed by atoms with E-state index in [0.717, 1.165) is 5.82 Å². The Morgan fingerprint density at radius 3 is 2.90 bits per heavy atom. The average Bonchev–Trinajstić information content (AvgIpc) is 3.16. The summed E-state index contributed by atoms with van der Waals surface area (Å²) in [6, 6.07) is 3.21. The number of hydrogen-bond donors (Lipinski definition) is 1. The molecule has 1 saturated carbocycles. The van der Waals surface area contributed by atoms with Crippen LogP contribution in [0.4, 0.5) is 8.78 Å². The molecule has 1 aromatic heterocycles. The summed E-state index contributed by atoms with van der Waals surface area (Å²) in [5.74, 6) is -0.309. The SMILES string of the molecule is Fc1ccc(Br)c(F)c1Cn1ccnc1CNC1CC1. The van der Waals surface area contributed by atoms with Crippen molar-refractivity contribution < 1.29 is 8.78 Å². The van der Waals surface area contributed by atoms with Gasteiger partial charge >= 0.3 is 0 Å². The summed E-state index contributed by atoms with van der Waals surface area (Å²) < 4.78 is 29.8. The summed E-state index contributed by atoms with van der Waals surface area (Å²) in [5.41, 5.74) is 0.0463. The molecule has 20 heavy (non-hydrogen) atoms. The number of nitrogens with one attached hydrogen (secondary N) is 1. The van der Waals surface area contributed by atoms with Crippen LogP contribution in [0.2, 0.25) is 0 Å². The van der Waals surface area contributed by atoms with E-state index in [-0.39, 0.29) is 16.6 Å². The van der Waals surface area contributed by atoms with Crippen molar-refractivity contribution in [2.45, 2.75) is 32.0 Å². The lowest BCUT2D eigenvalue weighted by Gasteiger charge is -2.11. The van der Waals surface area contributed by atoms with E-state index < -0.39 is 11.6 Å². The molecule has 1 aliphatic rings. The monoisotopic (exact) mass is 341 g/mol. The van der Waals surface area contributed by atoms with Crippen LogP contribution in [0.25, 0.3) is 0 Å². The molecule has 3 rings (SSSR count). The highest BCUT2D eigenvalue weighted by atomic mass is 79.9. The average molecular weight is 342 g/mol. The Kier molecular flexibility index (Phi) is 3.85. The van der Waals surface area contributed by atoms with E-state index in [1.165, 1.54) is 25.0 Å². The molecule has 1 fully saturated rings. The zero-order chi connectivity index (χ0) is 14.1. The van der Waals surface area contributed by atoms with Gasteiger partial charge in [0.05, 0.1) is 17.6 Å². The molecule has 6 heteroatoms. The van der Waals surface area contributed by atoms with Crippen LogP contribution in [-0.2, 0) is 13.1 Å². The lowest BCUT2D eigenvalue weighted by Crippen LogP contribution is -2.19. The summed E-state index contributed by atoms with van der Waals surface area (Å²) in [6.45, 7) is 0.758. The maximum Gasteiger partial charge on any atom is 0.145 e. The molecule has 0 unspecified atom stereocenters. The summed E-state index contributed by atoms with van der Waals surface area (Å²) in [5, 5.41) is 3.35. The Balaban J connectivity index is 1.80. The van der Waals surface area contributed by atoms with Crippen molar-refractivity contribution >= 4 is 15.9 Å². The fourth-order valence-electron chi connectivity index (χ4n) is 2.06. The molecule has 1 N–H and O–H groups in total. The van der Waals surface area contributed by atoms with E-state index in [4.69, 9.17) is 0 Å². The van der Waals surface area contributed by atoms with Crippen molar-refractivity contribution in [3.05, 3.63) is 52.0 Å². The molecule has 106 valence electrons. The Morgan fingerprint density at radius 1 is 1.35 bits per heavy atom. The van der Waals surface area contributed by atoms with E-state index in [2.05, 4.69) is 26.2 Å². The third kappa shape index (κ3) is 2.91. The number of nitrogens with zero attached hydrogens (tertiary/aromatic N) is 2. The molecule has 1 heterocycles. The van der Waals surface area contributed by atoms with Crippen LogP contribution >= 0.6 is 15.9 Å². The van der Waals surface area contributed by atoms with Crippen LogP contribution in [0, 0.1) is 11.6 Å². The maximum atomic E-state index is 14.0. The Morgan fingerprint density at radius 2 is 2.15 bits per heavy atom. The van der Waals surface area contributed by atoms with Gasteiger partial charge in [0.1, 0.15) is 17.5 Å². The van der Waals surface area contributed by atoms with Gasteiger partial charge in [-0.3, -0.25) is 0 Å². The zero-order valence-corrected chi connectivity index (χ0v) is 12.3. The molecule has 0 saturated heterocycles. The Bertz CT molecular complexity index is 623. The quantitative estimate of drug-likeness (QED) is 0.846. The predicted octanol–water partition coefficient (Wildman–Crippen LogP) is 3.22. The van der Waals surface area contributed by atoms with Gasteiger partial charge in [-0.1, -0.05) is 0 Å². The van der Waals surface area contributed by atoms with Gasteiger partial charge in [-0.05, 0) is 40.9 Å². The third-order valence-electron chi connectivity index (χ3n) is 3.40. The van der Waals surface area contributed by atoms with Crippen molar-refractivity contribution in [3.63, 3.8) is 0 Å². The maximum absolute atomic E-state index is 14.0. The van der Waals surface area contributed by atoms with E-state index in [1.54, 1.807) is 17.0 Å². The smallest absolute Gasteiger partial charge is 0.145 e. The normalized spacial score (nSPS) is 14.8. The third-order valence-corrected chi connectivity index (χ3v) is 4.01. The van der Waals surface area contributed by atoms with E-state index >= 15 is 0 Å². The number of benzene rings is 1. The van der Waals surface area contributed by atoms with Gasteiger partial charge in [0.25, 0.3) is 0 Å². The minimum atomic E-state index is -0.556. The first-order valence-electron chi connectivity index (χ1n) is 6.51. The van der Waals surface area contributed by atoms with Gasteiger partial charge in [0.15, 0.2) is 0 Å². The molecular formula is C14H14BrF2N3. The van der Waals surface area contributed by atoms with Gasteiger partial charge < -0.3 is 9.88 Å². The lowest BCUT2D eigenvalue weighted by atomic mass is 10.2. The largest absolute Gasteiger partial charge is 0.329 e. The van der Waals surface area contributed by atoms with Crippen LogP contribution in [0.1, 0.15) is 24.2 Å². The van der Waals surface area contributed by atoms with E-state index in [1.807, 2.05) is 0 Å². The zero-order valence-electron chi connectivity index (χ0n) is 10.7. The second kappa shape index (κ2) is 5.61. The van der Waals surface area contributed by atoms with Gasteiger partial charge in [-0.15, -0.1) is 0 Å². The first-order valence-corrected chi connectivity index (χ1v) is 7.30. The van der Waals surface area contributed by atoms with Crippen molar-refractivity contribution in [1.82, 2.24) is 14.9 Å². The van der Waals surface area contributed by atoms with Crippen molar-refractivity contribution in [2.24, 2.45) is 0 Å². The highest BCUT2D eigenvalue weighted by Gasteiger charge is 2.21. The highest BCUT2D eigenvalue weighted by molar-refractivity contribution is 9.10. The van der Waals surface area contributed by atoms with Crippen molar-refractivity contribution in [1.29, 1.82) is 0 Å². The number of halogens is 3. The molecule has 1 aliphatic carbocycles. The number of imidazole rings is 1. The van der Waals surface area contributed by atoms with Crippen molar-refractivity contribution in [2.75, 3.05) is 0 Å². The number of aromatic nitrogens is 2. The van der Waals surface area contributed by atoms with Gasteiger partial charge in [-0.2, -0.15) is 0 Å². The summed E-state index contributed by atoms with van der Waals surface area (Å²) >= 11 is 3.08.